The highest BCUT2D eigenvalue weighted by molar-refractivity contribution is 5.12. The average molecular weight is 108 g/mol. The first-order valence-electron chi connectivity index (χ1n) is 3.54. The van der Waals surface area contributed by atoms with Crippen molar-refractivity contribution in [2.24, 2.45) is 17.8 Å². The third-order valence-electron chi connectivity index (χ3n) is 2.50. The lowest BCUT2D eigenvalue weighted by Crippen LogP contribution is -2.09. The third-order valence-corrected chi connectivity index (χ3v) is 2.50. The molecule has 0 bridgehead atoms. The monoisotopic (exact) mass is 108 g/mol. The molecule has 0 nitrogen and oxygen atoms in total. The molecule has 0 N–H and O–H groups in total. The fraction of sp³-hybridized carbons (Fsp3) is 0.750. The molecule has 2 aliphatic carbocycles. The van der Waals surface area contributed by atoms with Crippen LogP contribution in [0.2, 0.25) is 0 Å². The number of hydrogen-bond donors (Lipinski definition) is 0. The van der Waals surface area contributed by atoms with E-state index in [1.807, 2.05) is 0 Å². The Kier molecular flexibility index (Phi) is 0.787. The van der Waals surface area contributed by atoms with Gasteiger partial charge in [-0.2, -0.15) is 0 Å². The second-order valence-corrected chi connectivity index (χ2v) is 3.29. The maximum absolute atomic E-state index is 2.37. The summed E-state index contributed by atoms with van der Waals surface area (Å²) in [5.74, 6) is 2.98. The third kappa shape index (κ3) is 0.460. The molecule has 0 amide bonds. The van der Waals surface area contributed by atoms with Crippen molar-refractivity contribution in [1.82, 2.24) is 0 Å². The van der Waals surface area contributed by atoms with Gasteiger partial charge in [0.05, 0.1) is 0 Å². The van der Waals surface area contributed by atoms with Crippen molar-refractivity contribution in [2.75, 3.05) is 0 Å². The van der Waals surface area contributed by atoms with E-state index in [1.165, 1.54) is 12.8 Å². The van der Waals surface area contributed by atoms with Crippen LogP contribution in [0.4, 0.5) is 0 Å². The van der Waals surface area contributed by atoms with Gasteiger partial charge in [0.15, 0.2) is 0 Å². The Labute approximate surface area is 50.6 Å². The number of rotatable bonds is 0. The minimum atomic E-state index is 0.991. The molecule has 0 heterocycles. The maximum Gasteiger partial charge on any atom is -0.0168 e. The molecule has 1 saturated carbocycles. The van der Waals surface area contributed by atoms with Crippen LogP contribution in [-0.4, -0.2) is 0 Å². The van der Waals surface area contributed by atoms with E-state index in [0.29, 0.717) is 0 Å². The fourth-order valence-corrected chi connectivity index (χ4v) is 1.96. The first-order valence-corrected chi connectivity index (χ1v) is 3.54. The summed E-state index contributed by atoms with van der Waals surface area (Å²) in [6, 6.07) is 0. The summed E-state index contributed by atoms with van der Waals surface area (Å²) >= 11 is 0. The molecule has 0 aromatic carbocycles. The van der Waals surface area contributed by atoms with Crippen LogP contribution in [0.3, 0.4) is 0 Å². The Hall–Kier alpha value is -0.260. The molecule has 0 aliphatic heterocycles. The smallest absolute Gasteiger partial charge is 0.0168 e. The summed E-state index contributed by atoms with van der Waals surface area (Å²) in [5, 5.41) is 0. The van der Waals surface area contributed by atoms with Gasteiger partial charge in [-0.25, -0.2) is 0 Å². The van der Waals surface area contributed by atoms with E-state index < -0.39 is 0 Å². The predicted molar refractivity (Wildman–Crippen MR) is 34.5 cm³/mol. The first-order chi connectivity index (χ1) is 3.86. The van der Waals surface area contributed by atoms with Crippen LogP contribution in [0.1, 0.15) is 19.8 Å². The Morgan fingerprint density at radius 2 is 1.62 bits per heavy atom. The van der Waals surface area contributed by atoms with E-state index in [9.17, 15) is 0 Å². The normalized spacial score (nSPS) is 50.9. The average Bonchev–Trinajstić information content (AvgIpc) is 1.91. The number of hydrogen-bond acceptors (Lipinski definition) is 0. The number of fused-ring (bicyclic) bond motifs is 1. The van der Waals surface area contributed by atoms with Gasteiger partial charge in [0.25, 0.3) is 0 Å². The largest absolute Gasteiger partial charge is 0.0845 e. The minimum absolute atomic E-state index is 0.991. The summed E-state index contributed by atoms with van der Waals surface area (Å²) in [6.45, 7) is 2.36. The molecular weight excluding hydrogens is 96.1 g/mol. The van der Waals surface area contributed by atoms with Gasteiger partial charge in [-0.05, 0) is 30.6 Å². The van der Waals surface area contributed by atoms with E-state index in [2.05, 4.69) is 19.1 Å². The van der Waals surface area contributed by atoms with Crippen LogP contribution in [-0.2, 0) is 0 Å². The molecule has 2 atom stereocenters. The number of allylic oxidation sites excluding steroid dienone is 2. The molecule has 0 radical (unpaired) electrons. The highest BCUT2D eigenvalue weighted by Gasteiger charge is 2.32. The van der Waals surface area contributed by atoms with Gasteiger partial charge in [-0.15, -0.1) is 0 Å². The van der Waals surface area contributed by atoms with Crippen LogP contribution in [0.5, 0.6) is 0 Å². The van der Waals surface area contributed by atoms with Crippen molar-refractivity contribution in [1.29, 1.82) is 0 Å². The van der Waals surface area contributed by atoms with Gasteiger partial charge in [0, 0.05) is 0 Å². The highest BCUT2D eigenvalue weighted by atomic mass is 14.4. The zero-order valence-corrected chi connectivity index (χ0v) is 5.30. The molecule has 2 unspecified atom stereocenters. The summed E-state index contributed by atoms with van der Waals surface area (Å²) in [4.78, 5) is 0. The molecule has 8 heavy (non-hydrogen) atoms. The van der Waals surface area contributed by atoms with Crippen LogP contribution in [0.25, 0.3) is 0 Å². The van der Waals surface area contributed by atoms with Gasteiger partial charge >= 0.3 is 0 Å². The summed E-state index contributed by atoms with van der Waals surface area (Å²) in [7, 11) is 0. The van der Waals surface area contributed by atoms with E-state index in [1.54, 1.807) is 0 Å². The van der Waals surface area contributed by atoms with Gasteiger partial charge < -0.3 is 0 Å². The zero-order valence-electron chi connectivity index (χ0n) is 5.30. The Morgan fingerprint density at radius 3 is 1.88 bits per heavy atom. The van der Waals surface area contributed by atoms with Crippen molar-refractivity contribution in [2.45, 2.75) is 19.8 Å². The molecule has 0 saturated heterocycles. The summed E-state index contributed by atoms with van der Waals surface area (Å²) in [6.07, 6.45) is 7.66. The first kappa shape index (κ1) is 4.60. The highest BCUT2D eigenvalue weighted by Crippen LogP contribution is 2.43. The Balaban J connectivity index is 2.09. The quantitative estimate of drug-likeness (QED) is 0.417. The van der Waals surface area contributed by atoms with Crippen molar-refractivity contribution in [3.63, 3.8) is 0 Å². The molecule has 0 spiro atoms. The lowest BCUT2D eigenvalue weighted by atomic mass is 9.86. The van der Waals surface area contributed by atoms with E-state index >= 15 is 0 Å². The van der Waals surface area contributed by atoms with Crippen LogP contribution in [0, 0.1) is 17.8 Å². The van der Waals surface area contributed by atoms with Crippen LogP contribution < -0.4 is 0 Å². The van der Waals surface area contributed by atoms with Crippen molar-refractivity contribution in [3.05, 3.63) is 12.2 Å². The lowest BCUT2D eigenvalue weighted by molar-refractivity contribution is 0.501. The second-order valence-electron chi connectivity index (χ2n) is 3.29. The molecule has 44 valence electrons. The van der Waals surface area contributed by atoms with Crippen molar-refractivity contribution < 1.29 is 0 Å². The molecule has 1 fully saturated rings. The minimum Gasteiger partial charge on any atom is -0.0845 e. The fourth-order valence-electron chi connectivity index (χ4n) is 1.96. The molecule has 2 rings (SSSR count). The molecule has 0 aromatic heterocycles. The standard InChI is InChI=1S/C8H12/c1-6-4-7-2-3-8(7)5-6/h2-3,6-8H,4-5H2,1H3. The molecule has 2 aliphatic rings. The molecule has 0 aromatic rings. The van der Waals surface area contributed by atoms with Gasteiger partial charge in [0.1, 0.15) is 0 Å². The van der Waals surface area contributed by atoms with Gasteiger partial charge in [-0.1, -0.05) is 19.1 Å². The Bertz CT molecular complexity index is 110. The maximum atomic E-state index is 2.37. The Morgan fingerprint density at radius 1 is 1.12 bits per heavy atom. The molecule has 0 heteroatoms. The lowest BCUT2D eigenvalue weighted by Gasteiger charge is -2.19. The van der Waals surface area contributed by atoms with Crippen molar-refractivity contribution in [3.8, 4) is 0 Å². The van der Waals surface area contributed by atoms with Gasteiger partial charge in [-0.3, -0.25) is 0 Å². The predicted octanol–water partition coefficient (Wildman–Crippen LogP) is 2.22. The SMILES string of the molecule is CC1CC2C=CC2C1. The van der Waals surface area contributed by atoms with Crippen LogP contribution in [0.15, 0.2) is 12.2 Å². The van der Waals surface area contributed by atoms with E-state index in [0.717, 1.165) is 17.8 Å². The van der Waals surface area contributed by atoms with Crippen LogP contribution >= 0.6 is 0 Å². The second kappa shape index (κ2) is 1.37. The topological polar surface area (TPSA) is 0 Å². The zero-order chi connectivity index (χ0) is 5.56. The summed E-state index contributed by atoms with van der Waals surface area (Å²) in [5.41, 5.74) is 0. The van der Waals surface area contributed by atoms with E-state index in [4.69, 9.17) is 0 Å². The van der Waals surface area contributed by atoms with E-state index in [-0.39, 0.29) is 0 Å². The van der Waals surface area contributed by atoms with Crippen molar-refractivity contribution >= 4 is 0 Å². The van der Waals surface area contributed by atoms with Gasteiger partial charge in [0.2, 0.25) is 0 Å². The summed E-state index contributed by atoms with van der Waals surface area (Å²) < 4.78 is 0. The molecular formula is C8H12.